The normalized spacial score (nSPS) is 10.5. The molecule has 4 rings (SSSR count). The highest BCUT2D eigenvalue weighted by Crippen LogP contribution is 2.19. The van der Waals surface area contributed by atoms with Crippen molar-refractivity contribution in [1.82, 2.24) is 4.57 Å². The number of carbonyl (C=O) groups is 2. The van der Waals surface area contributed by atoms with E-state index >= 15 is 0 Å². The van der Waals surface area contributed by atoms with Crippen LogP contribution in [-0.4, -0.2) is 16.4 Å². The molecule has 8 nitrogen and oxygen atoms in total. The van der Waals surface area contributed by atoms with Gasteiger partial charge in [0, 0.05) is 61.5 Å². The van der Waals surface area contributed by atoms with Crippen LogP contribution in [0.4, 0.5) is 28.4 Å². The molecule has 0 bridgehead atoms. The molecule has 0 saturated heterocycles. The molecule has 0 aliphatic heterocycles. The van der Waals surface area contributed by atoms with Crippen molar-refractivity contribution in [3.63, 3.8) is 0 Å². The maximum atomic E-state index is 12.3. The van der Waals surface area contributed by atoms with Crippen LogP contribution in [0.3, 0.4) is 0 Å². The molecular weight excluding hydrogens is 488 g/mol. The molecule has 2 heterocycles. The molecule has 0 spiro atoms. The van der Waals surface area contributed by atoms with Gasteiger partial charge in [0.25, 0.3) is 0 Å². The summed E-state index contributed by atoms with van der Waals surface area (Å²) >= 11 is 0. The van der Waals surface area contributed by atoms with E-state index in [0.29, 0.717) is 12.8 Å². The lowest BCUT2D eigenvalue weighted by Crippen LogP contribution is -2.25. The number of unbranched alkanes of at least 4 members (excludes halogenated alkanes) is 2. The number of hydrogen-bond acceptors (Lipinski definition) is 4. The van der Waals surface area contributed by atoms with Crippen molar-refractivity contribution < 1.29 is 14.2 Å². The SMILES string of the molecule is Cn1ccc(=Nc2ccc(NC(=O)CCCCCC(=O)Nc3ccc(Nc4cc[n+](C)cc4)cc3)cc2)cc1. The summed E-state index contributed by atoms with van der Waals surface area (Å²) in [5, 5.41) is 10.1. The van der Waals surface area contributed by atoms with Gasteiger partial charge >= 0.3 is 0 Å². The van der Waals surface area contributed by atoms with Crippen molar-refractivity contribution in [2.24, 2.45) is 19.1 Å². The standard InChI is InChI=1S/C31H34N6O2/c1-36-20-16-28(17-21-36)32-24-8-12-26(13-9-24)34-30(38)6-4-3-5-7-31(39)35-27-14-10-25(11-15-27)33-29-18-22-37(2)23-19-29/h8-23H,3-7H2,1-2H3,(H2,34,35,38,39)/p+1. The van der Waals surface area contributed by atoms with Gasteiger partial charge in [0.05, 0.1) is 16.7 Å². The molecule has 2 aromatic heterocycles. The van der Waals surface area contributed by atoms with Crippen LogP contribution >= 0.6 is 0 Å². The number of carbonyl (C=O) groups excluding carboxylic acids is 2. The van der Waals surface area contributed by atoms with Gasteiger partial charge in [-0.3, -0.25) is 9.59 Å². The van der Waals surface area contributed by atoms with E-state index in [1.54, 1.807) is 0 Å². The summed E-state index contributed by atoms with van der Waals surface area (Å²) in [6, 6.07) is 23.0. The molecule has 0 saturated carbocycles. The van der Waals surface area contributed by atoms with Crippen molar-refractivity contribution in [2.75, 3.05) is 16.0 Å². The first kappa shape index (κ1) is 27.3. The van der Waals surface area contributed by atoms with Gasteiger partial charge in [-0.1, -0.05) is 6.42 Å². The average Bonchev–Trinajstić information content (AvgIpc) is 2.93. The van der Waals surface area contributed by atoms with E-state index in [9.17, 15) is 9.59 Å². The molecule has 0 atom stereocenters. The lowest BCUT2D eigenvalue weighted by molar-refractivity contribution is -0.671. The fourth-order valence-electron chi connectivity index (χ4n) is 3.92. The minimum atomic E-state index is -0.0298. The van der Waals surface area contributed by atoms with Crippen LogP contribution in [0.15, 0.2) is 103 Å². The summed E-state index contributed by atoms with van der Waals surface area (Å²) in [5.41, 5.74) is 4.29. The van der Waals surface area contributed by atoms with E-state index < -0.39 is 0 Å². The van der Waals surface area contributed by atoms with Gasteiger partial charge in [-0.05, 0) is 73.5 Å². The number of nitrogens with zero attached hydrogens (tertiary/aromatic N) is 3. The van der Waals surface area contributed by atoms with Crippen LogP contribution in [0.2, 0.25) is 0 Å². The predicted octanol–water partition coefficient (Wildman–Crippen LogP) is 5.35. The van der Waals surface area contributed by atoms with E-state index in [1.807, 2.05) is 121 Å². The molecule has 0 aliphatic rings. The maximum Gasteiger partial charge on any atom is 0.224 e. The molecule has 0 aliphatic carbocycles. The van der Waals surface area contributed by atoms with Crippen molar-refractivity contribution in [3.05, 3.63) is 103 Å². The zero-order valence-electron chi connectivity index (χ0n) is 22.4. The maximum absolute atomic E-state index is 12.3. The van der Waals surface area contributed by atoms with Gasteiger partial charge in [-0.15, -0.1) is 0 Å². The molecule has 2 aromatic carbocycles. The Morgan fingerprint density at radius 3 is 1.74 bits per heavy atom. The van der Waals surface area contributed by atoms with E-state index in [2.05, 4.69) is 20.9 Å². The third-order valence-electron chi connectivity index (χ3n) is 6.11. The van der Waals surface area contributed by atoms with Crippen molar-refractivity contribution in [2.45, 2.75) is 32.1 Å². The van der Waals surface area contributed by atoms with Gasteiger partial charge in [-0.2, -0.15) is 0 Å². The second-order valence-corrected chi connectivity index (χ2v) is 9.49. The lowest BCUT2D eigenvalue weighted by atomic mass is 10.1. The molecular formula is C31H35N6O2+. The van der Waals surface area contributed by atoms with E-state index in [1.165, 1.54) is 0 Å². The van der Waals surface area contributed by atoms with Crippen LogP contribution < -0.4 is 25.9 Å². The minimum Gasteiger partial charge on any atom is -0.357 e. The average molecular weight is 524 g/mol. The second-order valence-electron chi connectivity index (χ2n) is 9.49. The summed E-state index contributed by atoms with van der Waals surface area (Å²) in [6.07, 6.45) is 11.0. The molecule has 0 fully saturated rings. The Morgan fingerprint density at radius 2 is 1.18 bits per heavy atom. The van der Waals surface area contributed by atoms with Crippen LogP contribution in [-0.2, 0) is 23.7 Å². The Bertz CT molecular complexity index is 1420. The molecule has 39 heavy (non-hydrogen) atoms. The largest absolute Gasteiger partial charge is 0.357 e. The van der Waals surface area contributed by atoms with Gasteiger partial charge in [0.2, 0.25) is 11.8 Å². The van der Waals surface area contributed by atoms with E-state index in [0.717, 1.165) is 53.1 Å². The van der Waals surface area contributed by atoms with Gasteiger partial charge in [-0.25, -0.2) is 9.56 Å². The summed E-state index contributed by atoms with van der Waals surface area (Å²) in [7, 11) is 3.94. The van der Waals surface area contributed by atoms with Crippen molar-refractivity contribution in [1.29, 1.82) is 0 Å². The third kappa shape index (κ3) is 9.27. The number of rotatable bonds is 11. The van der Waals surface area contributed by atoms with Crippen molar-refractivity contribution in [3.8, 4) is 0 Å². The quantitative estimate of drug-likeness (QED) is 0.183. The Labute approximate surface area is 229 Å². The Kier molecular flexibility index (Phi) is 9.61. The molecule has 0 radical (unpaired) electrons. The summed E-state index contributed by atoms with van der Waals surface area (Å²) in [6.45, 7) is 0. The first-order valence-corrected chi connectivity index (χ1v) is 13.1. The Hall–Kier alpha value is -4.72. The molecule has 8 heteroatoms. The fraction of sp³-hybridized carbons (Fsp3) is 0.226. The Morgan fingerprint density at radius 1 is 0.692 bits per heavy atom. The number of hydrogen-bond donors (Lipinski definition) is 3. The highest BCUT2D eigenvalue weighted by atomic mass is 16.2. The number of nitrogens with one attached hydrogen (secondary N) is 3. The summed E-state index contributed by atoms with van der Waals surface area (Å²) in [5.74, 6) is -0.0524. The zero-order chi connectivity index (χ0) is 27.5. The molecule has 3 N–H and O–H groups in total. The van der Waals surface area contributed by atoms with Gasteiger partial charge < -0.3 is 20.5 Å². The smallest absolute Gasteiger partial charge is 0.224 e. The topological polar surface area (TPSA) is 91.4 Å². The number of anilines is 4. The monoisotopic (exact) mass is 523 g/mol. The van der Waals surface area contributed by atoms with Crippen LogP contribution in [0.25, 0.3) is 0 Å². The molecule has 200 valence electrons. The highest BCUT2D eigenvalue weighted by molar-refractivity contribution is 5.91. The van der Waals surface area contributed by atoms with E-state index in [-0.39, 0.29) is 11.8 Å². The number of aryl methyl sites for hydroxylation is 2. The second kappa shape index (κ2) is 13.7. The van der Waals surface area contributed by atoms with Gasteiger partial charge in [0.1, 0.15) is 7.05 Å². The van der Waals surface area contributed by atoms with Crippen molar-refractivity contribution >= 4 is 40.3 Å². The zero-order valence-corrected chi connectivity index (χ0v) is 22.4. The number of aromatic nitrogens is 2. The molecule has 0 unspecified atom stereocenters. The summed E-state index contributed by atoms with van der Waals surface area (Å²) in [4.78, 5) is 29.2. The first-order chi connectivity index (χ1) is 18.9. The first-order valence-electron chi connectivity index (χ1n) is 13.1. The highest BCUT2D eigenvalue weighted by Gasteiger charge is 2.06. The third-order valence-corrected chi connectivity index (χ3v) is 6.11. The predicted molar refractivity (Wildman–Crippen MR) is 155 cm³/mol. The number of pyridine rings is 2. The van der Waals surface area contributed by atoms with Crippen LogP contribution in [0.1, 0.15) is 32.1 Å². The fourth-order valence-corrected chi connectivity index (χ4v) is 3.92. The minimum absolute atomic E-state index is 0.0226. The number of benzene rings is 2. The van der Waals surface area contributed by atoms with Gasteiger partial charge in [0.15, 0.2) is 12.4 Å². The Balaban J connectivity index is 1.11. The van der Waals surface area contributed by atoms with E-state index in [4.69, 9.17) is 0 Å². The molecule has 4 aromatic rings. The van der Waals surface area contributed by atoms with Crippen LogP contribution in [0.5, 0.6) is 0 Å². The molecule has 2 amide bonds. The summed E-state index contributed by atoms with van der Waals surface area (Å²) < 4.78 is 3.93. The number of amides is 2. The lowest BCUT2D eigenvalue weighted by Gasteiger charge is -2.08. The van der Waals surface area contributed by atoms with Crippen LogP contribution in [0, 0.1) is 0 Å².